The zero-order valence-electron chi connectivity index (χ0n) is 15.5. The van der Waals surface area contributed by atoms with Crippen LogP contribution in [0.4, 0.5) is 5.95 Å². The molecule has 1 aliphatic rings. The Hall–Kier alpha value is -3.53. The lowest BCUT2D eigenvalue weighted by Crippen LogP contribution is -2.49. The molecule has 29 heavy (non-hydrogen) atoms. The van der Waals surface area contributed by atoms with Gasteiger partial charge in [-0.25, -0.2) is 0 Å². The molecule has 3 aromatic heterocycles. The summed E-state index contributed by atoms with van der Waals surface area (Å²) in [6.45, 7) is 2.48. The Bertz CT molecular complexity index is 1100. The van der Waals surface area contributed by atoms with Gasteiger partial charge in [-0.05, 0) is 40.1 Å². The molecule has 1 fully saturated rings. The van der Waals surface area contributed by atoms with Crippen LogP contribution >= 0.6 is 11.3 Å². The number of nitrogens with zero attached hydrogens (tertiary/aromatic N) is 7. The first-order valence-corrected chi connectivity index (χ1v) is 10.1. The molecule has 1 aliphatic heterocycles. The van der Waals surface area contributed by atoms with Gasteiger partial charge in [0.25, 0.3) is 5.91 Å². The first kappa shape index (κ1) is 17.6. The summed E-state index contributed by atoms with van der Waals surface area (Å²) in [5.74, 6) is 0.620. The summed E-state index contributed by atoms with van der Waals surface area (Å²) in [7, 11) is 0. The van der Waals surface area contributed by atoms with E-state index in [0.29, 0.717) is 37.8 Å². The molecule has 4 aromatic rings. The van der Waals surface area contributed by atoms with E-state index in [4.69, 9.17) is 0 Å². The summed E-state index contributed by atoms with van der Waals surface area (Å²) in [6, 6.07) is 15.6. The topological polar surface area (TPSA) is 95.8 Å². The van der Waals surface area contributed by atoms with Crippen molar-refractivity contribution in [3.8, 4) is 16.3 Å². The summed E-state index contributed by atoms with van der Waals surface area (Å²) in [5.41, 5.74) is 2.21. The molecule has 10 heteroatoms. The van der Waals surface area contributed by atoms with Crippen LogP contribution in [0.25, 0.3) is 16.3 Å². The fraction of sp³-hybridized carbons (Fsp3) is 0.211. The van der Waals surface area contributed by atoms with Crippen LogP contribution in [-0.2, 0) is 0 Å². The number of carbonyl (C=O) groups excluding carboxylic acids is 1. The van der Waals surface area contributed by atoms with E-state index in [1.54, 1.807) is 16.0 Å². The molecule has 0 unspecified atom stereocenters. The van der Waals surface area contributed by atoms with Crippen LogP contribution in [0.3, 0.4) is 0 Å². The number of anilines is 1. The Balaban J connectivity index is 1.27. The van der Waals surface area contributed by atoms with Gasteiger partial charge in [0.1, 0.15) is 0 Å². The highest BCUT2D eigenvalue weighted by molar-refractivity contribution is 7.13. The van der Waals surface area contributed by atoms with Crippen molar-refractivity contribution >= 4 is 23.2 Å². The number of rotatable bonds is 4. The predicted octanol–water partition coefficient (Wildman–Crippen LogP) is 2.08. The average molecular weight is 406 g/mol. The second-order valence-electron chi connectivity index (χ2n) is 6.65. The Labute approximate surface area is 170 Å². The van der Waals surface area contributed by atoms with Crippen molar-refractivity contribution in [1.29, 1.82) is 0 Å². The molecule has 0 aliphatic carbocycles. The average Bonchev–Trinajstić information content (AvgIpc) is 3.55. The third-order valence-corrected chi connectivity index (χ3v) is 5.79. The largest absolute Gasteiger partial charge is 0.336 e. The number of nitrogens with one attached hydrogen (secondary N) is 1. The Morgan fingerprint density at radius 1 is 1.03 bits per heavy atom. The maximum absolute atomic E-state index is 12.8. The minimum atomic E-state index is -0.0636. The van der Waals surface area contributed by atoms with E-state index in [-0.39, 0.29) is 5.91 Å². The van der Waals surface area contributed by atoms with Crippen molar-refractivity contribution in [2.45, 2.75) is 0 Å². The normalized spacial score (nSPS) is 14.3. The van der Waals surface area contributed by atoms with Gasteiger partial charge in [0.2, 0.25) is 5.95 Å². The zero-order valence-corrected chi connectivity index (χ0v) is 16.3. The molecule has 0 saturated carbocycles. The second-order valence-corrected chi connectivity index (χ2v) is 7.60. The minimum absolute atomic E-state index is 0.0636. The molecule has 0 atom stereocenters. The third-order valence-electron chi connectivity index (χ3n) is 4.89. The van der Waals surface area contributed by atoms with Crippen molar-refractivity contribution < 1.29 is 4.79 Å². The van der Waals surface area contributed by atoms with E-state index in [9.17, 15) is 4.79 Å². The zero-order chi connectivity index (χ0) is 19.6. The summed E-state index contributed by atoms with van der Waals surface area (Å²) in [6.07, 6.45) is 0. The number of para-hydroxylation sites is 1. The van der Waals surface area contributed by atoms with Crippen LogP contribution in [0.15, 0.2) is 53.9 Å². The molecule has 1 aromatic carbocycles. The number of hydrogen-bond acceptors (Lipinski definition) is 7. The van der Waals surface area contributed by atoms with E-state index in [1.807, 2.05) is 58.8 Å². The van der Waals surface area contributed by atoms with Crippen molar-refractivity contribution in [3.63, 3.8) is 0 Å². The molecule has 1 amide bonds. The van der Waals surface area contributed by atoms with Gasteiger partial charge >= 0.3 is 0 Å². The standard InChI is InChI=1S/C19H18N8OS/c28-18(16-13-15(20-21-16)17-7-4-12-29-17)25-8-10-26(11-9-25)19-22-23-24-27(19)14-5-2-1-3-6-14/h1-7,12-13H,8-11H2,(H,20,21). The van der Waals surface area contributed by atoms with Crippen LogP contribution in [-0.4, -0.2) is 67.4 Å². The molecular formula is C19H18N8OS. The van der Waals surface area contributed by atoms with Crippen molar-refractivity contribution in [1.82, 2.24) is 35.3 Å². The van der Waals surface area contributed by atoms with Gasteiger partial charge in [0, 0.05) is 26.2 Å². The molecular weight excluding hydrogens is 388 g/mol. The van der Waals surface area contributed by atoms with Crippen LogP contribution in [0.2, 0.25) is 0 Å². The number of aromatic nitrogens is 6. The number of thiophene rings is 1. The molecule has 5 rings (SSSR count). The van der Waals surface area contributed by atoms with Gasteiger partial charge in [-0.2, -0.15) is 9.78 Å². The maximum atomic E-state index is 12.8. The smallest absolute Gasteiger partial charge is 0.274 e. The first-order chi connectivity index (χ1) is 14.3. The summed E-state index contributed by atoms with van der Waals surface area (Å²) < 4.78 is 1.72. The van der Waals surface area contributed by atoms with Crippen LogP contribution in [0, 0.1) is 0 Å². The van der Waals surface area contributed by atoms with E-state index in [2.05, 4.69) is 30.6 Å². The predicted molar refractivity (Wildman–Crippen MR) is 109 cm³/mol. The van der Waals surface area contributed by atoms with Gasteiger partial charge in [-0.15, -0.1) is 11.3 Å². The maximum Gasteiger partial charge on any atom is 0.274 e. The van der Waals surface area contributed by atoms with Crippen LogP contribution < -0.4 is 4.90 Å². The van der Waals surface area contributed by atoms with Gasteiger partial charge in [0.05, 0.1) is 16.3 Å². The highest BCUT2D eigenvalue weighted by Gasteiger charge is 2.26. The number of hydrogen-bond donors (Lipinski definition) is 1. The number of aromatic amines is 1. The molecule has 0 bridgehead atoms. The third kappa shape index (κ3) is 3.38. The number of piperazine rings is 1. The minimum Gasteiger partial charge on any atom is -0.336 e. The summed E-state index contributed by atoms with van der Waals surface area (Å²) in [4.78, 5) is 17.8. The number of benzene rings is 1. The highest BCUT2D eigenvalue weighted by Crippen LogP contribution is 2.24. The molecule has 0 radical (unpaired) electrons. The number of amides is 1. The van der Waals surface area contributed by atoms with E-state index < -0.39 is 0 Å². The lowest BCUT2D eigenvalue weighted by molar-refractivity contribution is 0.0740. The van der Waals surface area contributed by atoms with Crippen molar-refractivity contribution in [3.05, 3.63) is 59.6 Å². The molecule has 1 N–H and O–H groups in total. The fourth-order valence-corrected chi connectivity index (χ4v) is 4.07. The van der Waals surface area contributed by atoms with Gasteiger partial charge in [-0.1, -0.05) is 29.4 Å². The number of H-pyrrole nitrogens is 1. The monoisotopic (exact) mass is 406 g/mol. The molecule has 1 saturated heterocycles. The lowest BCUT2D eigenvalue weighted by Gasteiger charge is -2.34. The van der Waals surface area contributed by atoms with Gasteiger partial charge < -0.3 is 9.80 Å². The molecule has 0 spiro atoms. The number of carbonyl (C=O) groups is 1. The van der Waals surface area contributed by atoms with E-state index in [1.165, 1.54) is 0 Å². The highest BCUT2D eigenvalue weighted by atomic mass is 32.1. The Morgan fingerprint density at radius 2 is 1.86 bits per heavy atom. The fourth-order valence-electron chi connectivity index (χ4n) is 3.38. The van der Waals surface area contributed by atoms with E-state index in [0.717, 1.165) is 16.3 Å². The quantitative estimate of drug-likeness (QED) is 0.557. The van der Waals surface area contributed by atoms with Crippen molar-refractivity contribution in [2.24, 2.45) is 0 Å². The Kier molecular flexibility index (Phi) is 4.53. The van der Waals surface area contributed by atoms with Crippen LogP contribution in [0.1, 0.15) is 10.5 Å². The lowest BCUT2D eigenvalue weighted by atomic mass is 10.2. The Morgan fingerprint density at radius 3 is 2.62 bits per heavy atom. The second kappa shape index (κ2) is 7.47. The van der Waals surface area contributed by atoms with Crippen LogP contribution in [0.5, 0.6) is 0 Å². The summed E-state index contributed by atoms with van der Waals surface area (Å²) in [5, 5.41) is 21.3. The van der Waals surface area contributed by atoms with Gasteiger partial charge in [0.15, 0.2) is 5.69 Å². The van der Waals surface area contributed by atoms with Gasteiger partial charge in [-0.3, -0.25) is 9.89 Å². The number of tetrazole rings is 1. The first-order valence-electron chi connectivity index (χ1n) is 9.27. The van der Waals surface area contributed by atoms with E-state index >= 15 is 0 Å². The molecule has 9 nitrogen and oxygen atoms in total. The molecule has 4 heterocycles. The molecule has 146 valence electrons. The van der Waals surface area contributed by atoms with Crippen molar-refractivity contribution in [2.75, 3.05) is 31.1 Å². The summed E-state index contributed by atoms with van der Waals surface area (Å²) >= 11 is 1.61. The SMILES string of the molecule is O=C(c1cc(-c2cccs2)[nH]n1)N1CCN(c2nnnn2-c2ccccc2)CC1.